The van der Waals surface area contributed by atoms with Crippen LogP contribution in [0, 0.1) is 0 Å². The molecule has 0 fully saturated rings. The predicted molar refractivity (Wildman–Crippen MR) is 35.2 cm³/mol. The van der Waals surface area contributed by atoms with Crippen LogP contribution >= 0.6 is 9.47 Å². The molecule has 0 heterocycles. The first-order valence-electron chi connectivity index (χ1n) is 2.26. The average molecular weight is 132 g/mol. The van der Waals surface area contributed by atoms with E-state index in [0.717, 1.165) is 0 Å². The Balaban J connectivity index is 3.83. The van der Waals surface area contributed by atoms with E-state index in [1.807, 2.05) is 9.47 Å². The fourth-order valence-electron chi connectivity index (χ4n) is 0.211. The van der Waals surface area contributed by atoms with E-state index in [9.17, 15) is 4.79 Å². The lowest BCUT2D eigenvalue weighted by molar-refractivity contribution is -0.128. The Bertz CT molecular complexity index is 118. The van der Waals surface area contributed by atoms with Crippen molar-refractivity contribution in [1.29, 1.82) is 0 Å². The van der Waals surface area contributed by atoms with Gasteiger partial charge in [-0.05, 0) is 13.8 Å². The number of carbonyl (C=O) groups excluding carboxylic acids is 1. The molecule has 0 radical (unpaired) electrons. The van der Waals surface area contributed by atoms with Crippen LogP contribution in [-0.2, 0) is 9.32 Å². The highest BCUT2D eigenvalue weighted by Gasteiger charge is 1.98. The summed E-state index contributed by atoms with van der Waals surface area (Å²) in [6, 6.07) is 0. The zero-order valence-electron chi connectivity index (χ0n) is 4.97. The lowest BCUT2D eigenvalue weighted by Gasteiger charge is -1.93. The molecule has 0 spiro atoms. The van der Waals surface area contributed by atoms with E-state index in [4.69, 9.17) is 0 Å². The highest BCUT2D eigenvalue weighted by Crippen LogP contribution is 1.98. The fraction of sp³-hybridized carbons (Fsp3) is 0.400. The summed E-state index contributed by atoms with van der Waals surface area (Å²) in [5.74, 6) is -0.294. The molecule has 0 bridgehead atoms. The summed E-state index contributed by atoms with van der Waals surface area (Å²) in [7, 11) is 1.90. The van der Waals surface area contributed by atoms with Crippen LogP contribution in [0.4, 0.5) is 0 Å². The Labute approximate surface area is 51.2 Å². The third-order valence-electron chi connectivity index (χ3n) is 0.862. The zero-order chi connectivity index (χ0) is 6.57. The summed E-state index contributed by atoms with van der Waals surface area (Å²) in [5.41, 5.74) is 0.625. The summed E-state index contributed by atoms with van der Waals surface area (Å²) >= 11 is 0. The molecule has 2 nitrogen and oxygen atoms in total. The quantitative estimate of drug-likeness (QED) is 0.397. The minimum atomic E-state index is -0.294. The topological polar surface area (TPSA) is 26.3 Å². The van der Waals surface area contributed by atoms with Crippen molar-refractivity contribution in [2.45, 2.75) is 13.8 Å². The van der Waals surface area contributed by atoms with E-state index in [1.165, 1.54) is 0 Å². The van der Waals surface area contributed by atoms with Gasteiger partial charge in [0.15, 0.2) is 0 Å². The smallest absolute Gasteiger partial charge is 0.335 e. The third kappa shape index (κ3) is 2.08. The second-order valence-electron chi connectivity index (χ2n) is 1.38. The molecule has 0 aliphatic heterocycles. The second-order valence-corrected chi connectivity index (χ2v) is 1.61. The van der Waals surface area contributed by atoms with Gasteiger partial charge in [-0.3, -0.25) is 0 Å². The van der Waals surface area contributed by atoms with E-state index in [0.29, 0.717) is 5.57 Å². The Morgan fingerprint density at radius 1 is 1.75 bits per heavy atom. The highest BCUT2D eigenvalue weighted by molar-refractivity contribution is 7.10. The Morgan fingerprint density at radius 3 is 2.38 bits per heavy atom. The lowest BCUT2D eigenvalue weighted by atomic mass is 10.3. The third-order valence-corrected chi connectivity index (χ3v) is 1.08. The second kappa shape index (κ2) is 3.62. The van der Waals surface area contributed by atoms with Crippen LogP contribution in [-0.4, -0.2) is 5.97 Å². The van der Waals surface area contributed by atoms with Gasteiger partial charge in [-0.25, -0.2) is 4.79 Å². The van der Waals surface area contributed by atoms with Crippen molar-refractivity contribution in [3.63, 3.8) is 0 Å². The monoisotopic (exact) mass is 132 g/mol. The molecule has 0 amide bonds. The first-order valence-corrected chi connectivity index (χ1v) is 2.73. The van der Waals surface area contributed by atoms with Gasteiger partial charge in [0.05, 0.1) is 9.47 Å². The molecule has 1 unspecified atom stereocenters. The van der Waals surface area contributed by atoms with Crippen molar-refractivity contribution in [2.24, 2.45) is 0 Å². The van der Waals surface area contributed by atoms with Crippen LogP contribution < -0.4 is 0 Å². The Kier molecular flexibility index (Phi) is 3.46. The summed E-state index contributed by atoms with van der Waals surface area (Å²) < 4.78 is 4.31. The molecule has 0 rings (SSSR count). The first kappa shape index (κ1) is 7.64. The molecule has 46 valence electrons. The molecule has 8 heavy (non-hydrogen) atoms. The van der Waals surface area contributed by atoms with Crippen molar-refractivity contribution < 1.29 is 9.32 Å². The van der Waals surface area contributed by atoms with Crippen LogP contribution in [0.3, 0.4) is 0 Å². The fourth-order valence-corrected chi connectivity index (χ4v) is 0.397. The molecule has 0 aromatic rings. The minimum absolute atomic E-state index is 0.294. The molecule has 0 aromatic heterocycles. The number of hydrogen-bond donors (Lipinski definition) is 0. The van der Waals surface area contributed by atoms with Crippen molar-refractivity contribution in [2.75, 3.05) is 0 Å². The minimum Gasteiger partial charge on any atom is -0.448 e. The summed E-state index contributed by atoms with van der Waals surface area (Å²) in [6.45, 7) is 3.49. The van der Waals surface area contributed by atoms with Gasteiger partial charge in [-0.1, -0.05) is 6.08 Å². The molecule has 0 N–H and O–H groups in total. The van der Waals surface area contributed by atoms with Gasteiger partial charge < -0.3 is 4.52 Å². The van der Waals surface area contributed by atoms with Crippen LogP contribution in [0.25, 0.3) is 0 Å². The lowest BCUT2D eigenvalue weighted by Crippen LogP contribution is -1.96. The van der Waals surface area contributed by atoms with E-state index in [2.05, 4.69) is 4.52 Å². The van der Waals surface area contributed by atoms with E-state index < -0.39 is 0 Å². The zero-order valence-corrected chi connectivity index (χ0v) is 6.13. The predicted octanol–water partition coefficient (Wildman–Crippen LogP) is 1.29. The normalized spacial score (nSPS) is 11.1. The Morgan fingerprint density at radius 2 is 2.25 bits per heavy atom. The Hall–Kier alpha value is -0.360. The van der Waals surface area contributed by atoms with Gasteiger partial charge in [-0.2, -0.15) is 0 Å². The molecule has 0 aromatic carbocycles. The largest absolute Gasteiger partial charge is 0.448 e. The SMILES string of the molecule is C/C=C(\C)C(=O)OP. The van der Waals surface area contributed by atoms with E-state index >= 15 is 0 Å². The maximum Gasteiger partial charge on any atom is 0.335 e. The molecular weight excluding hydrogens is 123 g/mol. The summed E-state index contributed by atoms with van der Waals surface area (Å²) in [4.78, 5) is 10.4. The molecule has 0 saturated heterocycles. The standard InChI is InChI=1S/C5H9O2P/c1-3-4(2)5(6)7-8/h3H,8H2,1-2H3/b4-3+. The van der Waals surface area contributed by atoms with Crippen molar-refractivity contribution in [1.82, 2.24) is 0 Å². The molecular formula is C5H9O2P. The maximum absolute atomic E-state index is 10.4. The van der Waals surface area contributed by atoms with Crippen LogP contribution in [0.2, 0.25) is 0 Å². The number of allylic oxidation sites excluding steroid dienone is 1. The van der Waals surface area contributed by atoms with Gasteiger partial charge in [0, 0.05) is 5.57 Å². The average Bonchev–Trinajstić information content (AvgIpc) is 1.84. The van der Waals surface area contributed by atoms with Gasteiger partial charge >= 0.3 is 5.97 Å². The van der Waals surface area contributed by atoms with Gasteiger partial charge in [0.1, 0.15) is 0 Å². The molecule has 1 atom stereocenters. The summed E-state index contributed by atoms with van der Waals surface area (Å²) in [5, 5.41) is 0. The molecule has 0 aliphatic carbocycles. The first-order chi connectivity index (χ1) is 3.72. The summed E-state index contributed by atoms with van der Waals surface area (Å²) in [6.07, 6.45) is 1.70. The van der Waals surface area contributed by atoms with Crippen LogP contribution in [0.1, 0.15) is 13.8 Å². The number of carbonyl (C=O) groups is 1. The van der Waals surface area contributed by atoms with Gasteiger partial charge in [-0.15, -0.1) is 0 Å². The highest BCUT2D eigenvalue weighted by atomic mass is 31.0. The van der Waals surface area contributed by atoms with Gasteiger partial charge in [0.25, 0.3) is 0 Å². The molecule has 3 heteroatoms. The number of hydrogen-bond acceptors (Lipinski definition) is 2. The maximum atomic E-state index is 10.4. The molecule has 0 saturated carbocycles. The van der Waals surface area contributed by atoms with Crippen LogP contribution in [0.5, 0.6) is 0 Å². The van der Waals surface area contributed by atoms with E-state index in [-0.39, 0.29) is 5.97 Å². The van der Waals surface area contributed by atoms with Crippen molar-refractivity contribution in [3.05, 3.63) is 11.6 Å². The molecule has 0 aliphatic rings. The van der Waals surface area contributed by atoms with Crippen molar-refractivity contribution in [3.8, 4) is 0 Å². The van der Waals surface area contributed by atoms with Gasteiger partial charge in [0.2, 0.25) is 0 Å². The number of rotatable bonds is 1. The van der Waals surface area contributed by atoms with Crippen molar-refractivity contribution >= 4 is 15.4 Å². The van der Waals surface area contributed by atoms with Crippen LogP contribution in [0.15, 0.2) is 11.6 Å². The van der Waals surface area contributed by atoms with E-state index in [1.54, 1.807) is 19.9 Å².